The van der Waals surface area contributed by atoms with E-state index in [-0.39, 0.29) is 17.9 Å². The quantitative estimate of drug-likeness (QED) is 0.376. The van der Waals surface area contributed by atoms with Gasteiger partial charge < -0.3 is 9.73 Å². The minimum atomic E-state index is -0.319. The van der Waals surface area contributed by atoms with Crippen molar-refractivity contribution in [2.75, 3.05) is 0 Å². The molecule has 1 aromatic carbocycles. The molecule has 35 heavy (non-hydrogen) atoms. The summed E-state index contributed by atoms with van der Waals surface area (Å²) in [7, 11) is 0. The Morgan fingerprint density at radius 3 is 2.51 bits per heavy atom. The third kappa shape index (κ3) is 4.21. The Morgan fingerprint density at radius 1 is 0.971 bits per heavy atom. The number of hydrogen-bond donors (Lipinski definition) is 1. The summed E-state index contributed by atoms with van der Waals surface area (Å²) < 4.78 is 7.17. The van der Waals surface area contributed by atoms with E-state index < -0.39 is 0 Å². The minimum Gasteiger partial charge on any atom is -0.463 e. The number of nitrogens with one attached hydrogen (secondary N) is 1. The van der Waals surface area contributed by atoms with Crippen LogP contribution in [0, 0.1) is 0 Å². The third-order valence-corrected chi connectivity index (χ3v) is 6.07. The van der Waals surface area contributed by atoms with Crippen LogP contribution in [0.4, 0.5) is 0 Å². The van der Waals surface area contributed by atoms with Crippen molar-refractivity contribution in [2.24, 2.45) is 0 Å². The molecular weight excluding hydrogens is 440 g/mol. The zero-order valence-electron chi connectivity index (χ0n) is 18.8. The Hall–Kier alpha value is -4.59. The van der Waals surface area contributed by atoms with Crippen molar-refractivity contribution in [3.8, 4) is 17.4 Å². The molecule has 6 rings (SSSR count). The van der Waals surface area contributed by atoms with Gasteiger partial charge in [-0.15, -0.1) is 0 Å². The summed E-state index contributed by atoms with van der Waals surface area (Å²) in [4.78, 5) is 26.8. The molecular formula is C27H22N6O2. The van der Waals surface area contributed by atoms with E-state index >= 15 is 0 Å². The average molecular weight is 463 g/mol. The minimum absolute atomic E-state index is 0.189. The van der Waals surface area contributed by atoms with Gasteiger partial charge in [0.1, 0.15) is 5.69 Å². The van der Waals surface area contributed by atoms with Crippen LogP contribution in [-0.4, -0.2) is 30.6 Å². The molecule has 0 saturated heterocycles. The molecule has 1 amide bonds. The number of carbonyl (C=O) groups is 1. The zero-order chi connectivity index (χ0) is 23.6. The molecule has 4 aromatic heterocycles. The zero-order valence-corrected chi connectivity index (χ0v) is 18.8. The highest BCUT2D eigenvalue weighted by Gasteiger charge is 2.34. The molecule has 1 aliphatic carbocycles. The van der Waals surface area contributed by atoms with Crippen LogP contribution in [-0.2, 0) is 0 Å². The van der Waals surface area contributed by atoms with Gasteiger partial charge in [-0.2, -0.15) is 5.10 Å². The van der Waals surface area contributed by atoms with Crippen LogP contribution in [0.2, 0.25) is 0 Å². The number of furan rings is 1. The number of amides is 1. The lowest BCUT2D eigenvalue weighted by Crippen LogP contribution is -2.30. The van der Waals surface area contributed by atoms with Crippen LogP contribution in [0.3, 0.4) is 0 Å². The fraction of sp³-hybridized carbons (Fsp3) is 0.148. The van der Waals surface area contributed by atoms with Gasteiger partial charge in [-0.1, -0.05) is 30.3 Å². The largest absolute Gasteiger partial charge is 0.463 e. The maximum absolute atomic E-state index is 13.6. The summed E-state index contributed by atoms with van der Waals surface area (Å²) in [5.41, 5.74) is 3.97. The van der Waals surface area contributed by atoms with Crippen molar-refractivity contribution in [1.29, 1.82) is 0 Å². The molecule has 1 aliphatic rings. The van der Waals surface area contributed by atoms with Crippen molar-refractivity contribution >= 4 is 5.91 Å². The first-order valence-electron chi connectivity index (χ1n) is 11.5. The molecule has 1 N–H and O–H groups in total. The average Bonchev–Trinajstić information content (AvgIpc) is 3.41. The van der Waals surface area contributed by atoms with Gasteiger partial charge in [-0.3, -0.25) is 9.78 Å². The highest BCUT2D eigenvalue weighted by molar-refractivity contribution is 5.96. The summed E-state index contributed by atoms with van der Waals surface area (Å²) in [6.45, 7) is 0. The van der Waals surface area contributed by atoms with Crippen LogP contribution in [0.15, 0.2) is 96.1 Å². The summed E-state index contributed by atoms with van der Waals surface area (Å²) >= 11 is 0. The molecule has 1 atom stereocenters. The van der Waals surface area contributed by atoms with E-state index in [9.17, 15) is 4.79 Å². The number of hydrogen-bond acceptors (Lipinski definition) is 6. The predicted octanol–water partition coefficient (Wildman–Crippen LogP) is 4.71. The molecule has 1 unspecified atom stereocenters. The normalized spacial score (nSPS) is 13.9. The second-order valence-electron chi connectivity index (χ2n) is 8.45. The molecule has 1 saturated carbocycles. The van der Waals surface area contributed by atoms with E-state index in [1.54, 1.807) is 41.8 Å². The van der Waals surface area contributed by atoms with Gasteiger partial charge >= 0.3 is 0 Å². The molecule has 8 heteroatoms. The van der Waals surface area contributed by atoms with Gasteiger partial charge in [0.2, 0.25) is 0 Å². The Labute approximate surface area is 201 Å². The Balaban J connectivity index is 1.36. The topological polar surface area (TPSA) is 98.7 Å². The van der Waals surface area contributed by atoms with E-state index in [2.05, 4.69) is 25.4 Å². The summed E-state index contributed by atoms with van der Waals surface area (Å²) in [6, 6.07) is 18.9. The van der Waals surface area contributed by atoms with E-state index in [0.29, 0.717) is 23.0 Å². The van der Waals surface area contributed by atoms with Crippen molar-refractivity contribution in [1.82, 2.24) is 30.0 Å². The molecule has 172 valence electrons. The summed E-state index contributed by atoms with van der Waals surface area (Å²) in [5, 5.41) is 7.75. The first kappa shape index (κ1) is 21.0. The number of carbonyl (C=O) groups excluding carboxylic acids is 1. The Bertz CT molecular complexity index is 1400. The molecule has 4 heterocycles. The number of rotatable bonds is 7. The monoisotopic (exact) mass is 462 g/mol. The maximum Gasteiger partial charge on any atom is 0.255 e. The second kappa shape index (κ2) is 8.98. The van der Waals surface area contributed by atoms with Crippen molar-refractivity contribution in [3.63, 3.8) is 0 Å². The molecule has 8 nitrogen and oxygen atoms in total. The summed E-state index contributed by atoms with van der Waals surface area (Å²) in [5.74, 6) is 1.11. The second-order valence-corrected chi connectivity index (χ2v) is 8.45. The SMILES string of the molecule is O=C(NC(c1ccccc1)c1ccncc1)c1cnn(-c2nccc(-c3ccco3)n2)c1C1CC1. The lowest BCUT2D eigenvalue weighted by molar-refractivity contribution is 0.0942. The van der Waals surface area contributed by atoms with E-state index in [1.807, 2.05) is 54.6 Å². The van der Waals surface area contributed by atoms with Crippen molar-refractivity contribution < 1.29 is 9.21 Å². The van der Waals surface area contributed by atoms with E-state index in [0.717, 1.165) is 29.7 Å². The van der Waals surface area contributed by atoms with Gasteiger partial charge in [-0.05, 0) is 54.3 Å². The predicted molar refractivity (Wildman–Crippen MR) is 129 cm³/mol. The van der Waals surface area contributed by atoms with Crippen LogP contribution in [0.5, 0.6) is 0 Å². The lowest BCUT2D eigenvalue weighted by Gasteiger charge is -2.20. The lowest BCUT2D eigenvalue weighted by atomic mass is 9.99. The molecule has 0 radical (unpaired) electrons. The van der Waals surface area contributed by atoms with Crippen molar-refractivity contribution in [3.05, 3.63) is 114 Å². The highest BCUT2D eigenvalue weighted by atomic mass is 16.3. The molecule has 0 bridgehead atoms. The molecule has 0 spiro atoms. The fourth-order valence-corrected chi connectivity index (χ4v) is 4.22. The van der Waals surface area contributed by atoms with E-state index in [1.165, 1.54) is 0 Å². The van der Waals surface area contributed by atoms with Gasteiger partial charge in [0.05, 0.1) is 29.8 Å². The summed E-state index contributed by atoms with van der Waals surface area (Å²) in [6.07, 6.45) is 10.3. The number of benzene rings is 1. The number of aromatic nitrogens is 5. The van der Waals surface area contributed by atoms with Crippen LogP contribution >= 0.6 is 0 Å². The van der Waals surface area contributed by atoms with Crippen LogP contribution in [0.1, 0.15) is 52.0 Å². The standard InChI is InChI=1S/C27H22N6O2/c34-26(32-24(18-5-2-1-3-6-18)19-10-13-28-14-11-19)21-17-30-33(25(21)20-8-9-20)27-29-15-12-22(31-27)23-7-4-16-35-23/h1-7,10-17,20,24H,8-9H2,(H,32,34). The Morgan fingerprint density at radius 2 is 1.77 bits per heavy atom. The molecule has 0 aliphatic heterocycles. The first-order valence-corrected chi connectivity index (χ1v) is 11.5. The number of pyridine rings is 1. The first-order chi connectivity index (χ1) is 17.3. The van der Waals surface area contributed by atoms with Crippen LogP contribution < -0.4 is 5.32 Å². The van der Waals surface area contributed by atoms with Gasteiger partial charge in [0.15, 0.2) is 5.76 Å². The van der Waals surface area contributed by atoms with Crippen molar-refractivity contribution in [2.45, 2.75) is 24.8 Å². The van der Waals surface area contributed by atoms with Gasteiger partial charge in [0, 0.05) is 24.5 Å². The Kier molecular flexibility index (Phi) is 5.38. The maximum atomic E-state index is 13.6. The van der Waals surface area contributed by atoms with Crippen LogP contribution in [0.25, 0.3) is 17.4 Å². The molecule has 1 fully saturated rings. The van der Waals surface area contributed by atoms with E-state index in [4.69, 9.17) is 4.42 Å². The fourth-order valence-electron chi connectivity index (χ4n) is 4.22. The highest BCUT2D eigenvalue weighted by Crippen LogP contribution is 2.42. The smallest absolute Gasteiger partial charge is 0.255 e. The number of nitrogens with zero attached hydrogens (tertiary/aromatic N) is 5. The van der Waals surface area contributed by atoms with Gasteiger partial charge in [-0.25, -0.2) is 14.6 Å². The third-order valence-electron chi connectivity index (χ3n) is 6.07. The molecule has 5 aromatic rings. The van der Waals surface area contributed by atoms with Gasteiger partial charge in [0.25, 0.3) is 11.9 Å².